The molecule has 0 radical (unpaired) electrons. The van der Waals surface area contributed by atoms with Crippen molar-refractivity contribution in [3.63, 3.8) is 0 Å². The van der Waals surface area contributed by atoms with Gasteiger partial charge in [0.15, 0.2) is 0 Å². The molecule has 2 saturated heterocycles. The van der Waals surface area contributed by atoms with Crippen molar-refractivity contribution in [3.05, 3.63) is 0 Å². The van der Waals surface area contributed by atoms with E-state index >= 15 is 0 Å². The molecule has 2 fully saturated rings. The van der Waals surface area contributed by atoms with Crippen LogP contribution < -0.4 is 11.1 Å². The molecule has 0 aromatic carbocycles. The van der Waals surface area contributed by atoms with Gasteiger partial charge in [-0.2, -0.15) is 0 Å². The van der Waals surface area contributed by atoms with Crippen LogP contribution >= 0.6 is 0 Å². The van der Waals surface area contributed by atoms with E-state index in [0.717, 1.165) is 45.6 Å². The van der Waals surface area contributed by atoms with Crippen molar-refractivity contribution in [3.8, 4) is 0 Å². The van der Waals surface area contributed by atoms with E-state index in [1.807, 2.05) is 0 Å². The molecule has 0 aliphatic carbocycles. The number of carbonyl (C=O) groups is 1. The van der Waals surface area contributed by atoms with Gasteiger partial charge in [0.1, 0.15) is 0 Å². The minimum atomic E-state index is 0.0929. The predicted octanol–water partition coefficient (Wildman–Crippen LogP) is 0.399. The molecule has 1 amide bonds. The van der Waals surface area contributed by atoms with Gasteiger partial charge >= 0.3 is 0 Å². The predicted molar refractivity (Wildman–Crippen MR) is 81.5 cm³/mol. The van der Waals surface area contributed by atoms with Gasteiger partial charge in [-0.1, -0.05) is 6.92 Å². The first kappa shape index (κ1) is 15.7. The van der Waals surface area contributed by atoms with Crippen LogP contribution in [-0.2, 0) is 4.79 Å². The summed E-state index contributed by atoms with van der Waals surface area (Å²) in [5, 5.41) is 3.02. The molecule has 0 aromatic heterocycles. The van der Waals surface area contributed by atoms with Crippen molar-refractivity contribution < 1.29 is 4.79 Å². The quantitative estimate of drug-likeness (QED) is 0.740. The fraction of sp³-hybridized carbons (Fsp3) is 0.933. The monoisotopic (exact) mass is 282 g/mol. The lowest BCUT2D eigenvalue weighted by atomic mass is 10.1. The average Bonchev–Trinajstić information content (AvgIpc) is 2.95. The van der Waals surface area contributed by atoms with Gasteiger partial charge in [-0.05, 0) is 38.8 Å². The standard InChI is InChI=1S/C15H30N4O/c1-3-19-10-13(16)9-15(19)5-4-7-18-8-6-14(11-18)17-12(2)20/h13-15H,3-11,16H2,1-2H3,(H,17,20)/t13-,14+,15+/m0/s1. The molecular formula is C15H30N4O. The summed E-state index contributed by atoms with van der Waals surface area (Å²) in [6, 6.07) is 1.42. The number of nitrogens with zero attached hydrogens (tertiary/aromatic N) is 2. The molecule has 2 rings (SSSR count). The fourth-order valence-electron chi connectivity index (χ4n) is 3.70. The Balaban J connectivity index is 1.63. The second-order valence-electron chi connectivity index (χ2n) is 6.37. The van der Waals surface area contributed by atoms with E-state index in [1.165, 1.54) is 12.8 Å². The number of nitrogens with one attached hydrogen (secondary N) is 1. The first-order valence-electron chi connectivity index (χ1n) is 8.07. The van der Waals surface area contributed by atoms with Gasteiger partial charge in [0.2, 0.25) is 5.91 Å². The van der Waals surface area contributed by atoms with Crippen LogP contribution in [0.3, 0.4) is 0 Å². The molecule has 2 aliphatic rings. The zero-order valence-electron chi connectivity index (χ0n) is 13.0. The van der Waals surface area contributed by atoms with Crippen LogP contribution in [-0.4, -0.2) is 66.6 Å². The summed E-state index contributed by atoms with van der Waals surface area (Å²) < 4.78 is 0. The minimum absolute atomic E-state index is 0.0929. The lowest BCUT2D eigenvalue weighted by molar-refractivity contribution is -0.119. The van der Waals surface area contributed by atoms with Gasteiger partial charge in [-0.15, -0.1) is 0 Å². The van der Waals surface area contributed by atoms with Crippen molar-refractivity contribution in [2.45, 2.75) is 57.7 Å². The minimum Gasteiger partial charge on any atom is -0.352 e. The number of nitrogens with two attached hydrogens (primary N) is 1. The summed E-state index contributed by atoms with van der Waals surface area (Å²) in [7, 11) is 0. The molecule has 5 heteroatoms. The Bertz CT molecular complexity index is 323. The Morgan fingerprint density at radius 1 is 1.40 bits per heavy atom. The number of likely N-dealkylation sites (tertiary alicyclic amines) is 2. The Kier molecular flexibility index (Phi) is 5.81. The van der Waals surface area contributed by atoms with Crippen LogP contribution in [0, 0.1) is 0 Å². The third-order valence-electron chi connectivity index (χ3n) is 4.66. The lowest BCUT2D eigenvalue weighted by Gasteiger charge is -2.23. The number of likely N-dealkylation sites (N-methyl/N-ethyl adjacent to an activating group) is 1. The molecule has 116 valence electrons. The highest BCUT2D eigenvalue weighted by Crippen LogP contribution is 2.21. The second-order valence-corrected chi connectivity index (χ2v) is 6.37. The lowest BCUT2D eigenvalue weighted by Crippen LogP contribution is -2.36. The summed E-state index contributed by atoms with van der Waals surface area (Å²) in [4.78, 5) is 16.0. The summed E-state index contributed by atoms with van der Waals surface area (Å²) >= 11 is 0. The highest BCUT2D eigenvalue weighted by molar-refractivity contribution is 5.73. The van der Waals surface area contributed by atoms with Crippen LogP contribution in [0.1, 0.15) is 39.5 Å². The number of rotatable bonds is 6. The average molecular weight is 282 g/mol. The Morgan fingerprint density at radius 3 is 2.90 bits per heavy atom. The topological polar surface area (TPSA) is 61.6 Å². The van der Waals surface area contributed by atoms with E-state index in [0.29, 0.717) is 18.1 Å². The zero-order valence-corrected chi connectivity index (χ0v) is 13.0. The molecule has 2 heterocycles. The van der Waals surface area contributed by atoms with E-state index in [9.17, 15) is 4.79 Å². The number of carbonyl (C=O) groups excluding carboxylic acids is 1. The summed E-state index contributed by atoms with van der Waals surface area (Å²) in [6.07, 6.45) is 4.74. The highest BCUT2D eigenvalue weighted by Gasteiger charge is 2.28. The third-order valence-corrected chi connectivity index (χ3v) is 4.66. The summed E-state index contributed by atoms with van der Waals surface area (Å²) in [5.74, 6) is 0.0929. The maximum atomic E-state index is 11.0. The zero-order chi connectivity index (χ0) is 14.5. The molecular weight excluding hydrogens is 252 g/mol. The third kappa shape index (κ3) is 4.43. The molecule has 0 spiro atoms. The van der Waals surface area contributed by atoms with E-state index in [1.54, 1.807) is 6.92 Å². The number of hydrogen-bond acceptors (Lipinski definition) is 4. The van der Waals surface area contributed by atoms with Gasteiger partial charge in [0.25, 0.3) is 0 Å². The van der Waals surface area contributed by atoms with E-state index < -0.39 is 0 Å². The van der Waals surface area contributed by atoms with E-state index in [-0.39, 0.29) is 5.91 Å². The van der Waals surface area contributed by atoms with Crippen molar-refractivity contribution in [2.75, 3.05) is 32.7 Å². The van der Waals surface area contributed by atoms with Crippen molar-refractivity contribution >= 4 is 5.91 Å². The van der Waals surface area contributed by atoms with Crippen molar-refractivity contribution in [1.82, 2.24) is 15.1 Å². The molecule has 2 aliphatic heterocycles. The van der Waals surface area contributed by atoms with Crippen LogP contribution in [0.15, 0.2) is 0 Å². The van der Waals surface area contributed by atoms with Gasteiger partial charge in [-0.25, -0.2) is 0 Å². The van der Waals surface area contributed by atoms with Gasteiger partial charge in [0.05, 0.1) is 0 Å². The van der Waals surface area contributed by atoms with Gasteiger partial charge < -0.3 is 16.0 Å². The van der Waals surface area contributed by atoms with E-state index in [2.05, 4.69) is 22.0 Å². The molecule has 20 heavy (non-hydrogen) atoms. The largest absolute Gasteiger partial charge is 0.352 e. The SMILES string of the molecule is CCN1C[C@@H](N)C[C@H]1CCCN1CC[C@@H](NC(C)=O)C1. The van der Waals surface area contributed by atoms with Gasteiger partial charge in [0, 0.05) is 44.7 Å². The first-order valence-corrected chi connectivity index (χ1v) is 8.07. The normalized spacial score (nSPS) is 31.9. The molecule has 3 N–H and O–H groups in total. The van der Waals surface area contributed by atoms with Crippen molar-refractivity contribution in [2.24, 2.45) is 5.73 Å². The summed E-state index contributed by atoms with van der Waals surface area (Å²) in [6.45, 7) is 9.30. The smallest absolute Gasteiger partial charge is 0.217 e. The fourth-order valence-corrected chi connectivity index (χ4v) is 3.70. The van der Waals surface area contributed by atoms with E-state index in [4.69, 9.17) is 5.73 Å². The molecule has 0 unspecified atom stereocenters. The highest BCUT2D eigenvalue weighted by atomic mass is 16.1. The molecule has 5 nitrogen and oxygen atoms in total. The molecule has 0 bridgehead atoms. The van der Waals surface area contributed by atoms with Gasteiger partial charge in [-0.3, -0.25) is 9.69 Å². The maximum Gasteiger partial charge on any atom is 0.217 e. The van der Waals surface area contributed by atoms with Crippen LogP contribution in [0.5, 0.6) is 0 Å². The Labute approximate surface area is 122 Å². The van der Waals surface area contributed by atoms with Crippen LogP contribution in [0.25, 0.3) is 0 Å². The number of hydrogen-bond donors (Lipinski definition) is 2. The molecule has 0 aromatic rings. The van der Waals surface area contributed by atoms with Crippen molar-refractivity contribution in [1.29, 1.82) is 0 Å². The number of amides is 1. The van der Waals surface area contributed by atoms with Crippen LogP contribution in [0.4, 0.5) is 0 Å². The first-order chi connectivity index (χ1) is 9.58. The Morgan fingerprint density at radius 2 is 2.20 bits per heavy atom. The Hall–Kier alpha value is -0.650. The summed E-state index contributed by atoms with van der Waals surface area (Å²) in [5.41, 5.74) is 6.06. The molecule has 3 atom stereocenters. The maximum absolute atomic E-state index is 11.0. The molecule has 0 saturated carbocycles. The second kappa shape index (κ2) is 7.38. The van der Waals surface area contributed by atoms with Crippen LogP contribution in [0.2, 0.25) is 0 Å².